The molecule has 0 radical (unpaired) electrons. The second-order valence-corrected chi connectivity index (χ2v) is 15.2. The maximum atomic E-state index is 12.6. The molecule has 0 saturated carbocycles. The number of aliphatic carboxylic acids is 1. The Morgan fingerprint density at radius 1 is 0.534 bits per heavy atom. The van der Waals surface area contributed by atoms with E-state index in [0.717, 1.165) is 103 Å². The van der Waals surface area contributed by atoms with Crippen LogP contribution in [0, 0.1) is 0 Å². The van der Waals surface area contributed by atoms with Gasteiger partial charge in [0.25, 0.3) is 0 Å². The topological polar surface area (TPSA) is 172 Å². The summed E-state index contributed by atoms with van der Waals surface area (Å²) in [6, 6.07) is -1.53. The number of rotatable bonds is 38. The van der Waals surface area contributed by atoms with Gasteiger partial charge in [-0.3, -0.25) is 23.4 Å². The molecule has 0 aromatic rings. The summed E-state index contributed by atoms with van der Waals surface area (Å²) in [6.45, 7) is 2.50. The molecule has 11 nitrogen and oxygen atoms in total. The van der Waals surface area contributed by atoms with Crippen LogP contribution in [0.3, 0.4) is 0 Å². The Hall–Kier alpha value is -3.60. The van der Waals surface area contributed by atoms with E-state index in [9.17, 15) is 23.8 Å². The van der Waals surface area contributed by atoms with Crippen LogP contribution < -0.4 is 5.73 Å². The van der Waals surface area contributed by atoms with Crippen LogP contribution in [-0.4, -0.2) is 59.9 Å². The highest BCUT2D eigenvalue weighted by Crippen LogP contribution is 2.43. The number of carboxylic acid groups (broad SMARTS) is 1. The molecule has 0 saturated heterocycles. The summed E-state index contributed by atoms with van der Waals surface area (Å²) < 4.78 is 32.6. The predicted octanol–water partition coefficient (Wildman–Crippen LogP) is 11.3. The third-order valence-corrected chi connectivity index (χ3v) is 9.28. The number of phosphoric acid groups is 1. The van der Waals surface area contributed by atoms with Gasteiger partial charge >= 0.3 is 25.7 Å². The average Bonchev–Trinajstić information content (AvgIpc) is 3.20. The normalized spacial score (nSPS) is 14.7. The van der Waals surface area contributed by atoms with E-state index in [-0.39, 0.29) is 19.4 Å². The Bertz CT molecular complexity index is 1350. The van der Waals surface area contributed by atoms with Gasteiger partial charge in [-0.2, -0.15) is 0 Å². The van der Waals surface area contributed by atoms with E-state index in [4.69, 9.17) is 24.8 Å². The molecule has 4 N–H and O–H groups in total. The van der Waals surface area contributed by atoms with Gasteiger partial charge in [0.1, 0.15) is 12.6 Å². The zero-order chi connectivity index (χ0) is 42.8. The molecule has 0 aromatic carbocycles. The van der Waals surface area contributed by atoms with Gasteiger partial charge < -0.3 is 25.2 Å². The van der Waals surface area contributed by atoms with Gasteiger partial charge in [-0.1, -0.05) is 137 Å². The summed E-state index contributed by atoms with van der Waals surface area (Å²) in [5.41, 5.74) is 5.33. The molecule has 0 fully saturated rings. The van der Waals surface area contributed by atoms with Crippen molar-refractivity contribution in [3.8, 4) is 0 Å². The highest BCUT2D eigenvalue weighted by Gasteiger charge is 2.28. The summed E-state index contributed by atoms with van der Waals surface area (Å²) in [5, 5.41) is 8.89. The molecule has 328 valence electrons. The standard InChI is InChI=1S/C46H74NO10P/c1-3-5-7-9-11-13-15-17-19-20-21-22-24-25-27-29-31-33-35-37-44(48)54-39-42(40-55-58(52,53)56-41-43(47)46(50)51)57-45(49)38-36-34-32-30-28-26-23-18-16-14-12-10-8-6-4-2/h5-8,11-14,17-19,21-23,25,27,42-43H,3-4,9-10,15-16,20,24,26,28-41,47H2,1-2H3,(H,50,51)(H,52,53)/b7-5-,8-6-,13-11-,14-12-,19-17-,22-21-,23-18-,27-25-/t42-,43+/m1/s1. The average molecular weight is 832 g/mol. The first-order valence-electron chi connectivity index (χ1n) is 21.3. The molecule has 0 aliphatic heterocycles. The summed E-state index contributed by atoms with van der Waals surface area (Å²) in [4.78, 5) is 45.9. The van der Waals surface area contributed by atoms with Crippen LogP contribution in [0.25, 0.3) is 0 Å². The lowest BCUT2D eigenvalue weighted by Crippen LogP contribution is -2.34. The molecule has 0 heterocycles. The van der Waals surface area contributed by atoms with Crippen molar-refractivity contribution < 1.29 is 47.5 Å². The van der Waals surface area contributed by atoms with Crippen molar-refractivity contribution in [3.63, 3.8) is 0 Å². The van der Waals surface area contributed by atoms with Crippen molar-refractivity contribution in [3.05, 3.63) is 97.2 Å². The number of carbonyl (C=O) groups excluding carboxylic acids is 2. The molecular weight excluding hydrogens is 757 g/mol. The fourth-order valence-corrected chi connectivity index (χ4v) is 5.82. The Labute approximate surface area is 349 Å². The summed E-state index contributed by atoms with van der Waals surface area (Å²) >= 11 is 0. The van der Waals surface area contributed by atoms with E-state index < -0.39 is 51.1 Å². The molecule has 0 aliphatic rings. The molecule has 0 amide bonds. The molecule has 12 heteroatoms. The third-order valence-electron chi connectivity index (χ3n) is 8.33. The van der Waals surface area contributed by atoms with Gasteiger partial charge in [-0.15, -0.1) is 0 Å². The Balaban J connectivity index is 4.48. The molecule has 1 unspecified atom stereocenters. The van der Waals surface area contributed by atoms with Gasteiger partial charge in [-0.25, -0.2) is 4.57 Å². The van der Waals surface area contributed by atoms with E-state index in [1.54, 1.807) is 0 Å². The lowest BCUT2D eigenvalue weighted by molar-refractivity contribution is -0.161. The molecule has 0 bridgehead atoms. The lowest BCUT2D eigenvalue weighted by atomic mass is 10.1. The highest BCUT2D eigenvalue weighted by molar-refractivity contribution is 7.47. The number of nitrogens with two attached hydrogens (primary N) is 1. The highest BCUT2D eigenvalue weighted by atomic mass is 31.2. The lowest BCUT2D eigenvalue weighted by Gasteiger charge is -2.20. The van der Waals surface area contributed by atoms with Crippen molar-refractivity contribution >= 4 is 25.7 Å². The molecule has 58 heavy (non-hydrogen) atoms. The van der Waals surface area contributed by atoms with E-state index >= 15 is 0 Å². The SMILES string of the molecule is CC/C=C\C/C=C\C/C=C\C/C=C\C/C=C\CCCCCC(=O)OC[C@H](COP(=O)(O)OC[C@H](N)C(=O)O)OC(=O)CCCCCCC/C=C\C/C=C\C/C=C\CC. The monoisotopic (exact) mass is 832 g/mol. The number of allylic oxidation sites excluding steroid dienone is 16. The molecule has 0 spiro atoms. The predicted molar refractivity (Wildman–Crippen MR) is 235 cm³/mol. The van der Waals surface area contributed by atoms with Gasteiger partial charge in [-0.05, 0) is 89.9 Å². The van der Waals surface area contributed by atoms with Crippen LogP contribution in [0.1, 0.15) is 142 Å². The Morgan fingerprint density at radius 2 is 0.914 bits per heavy atom. The molecule has 0 rings (SSSR count). The molecule has 0 aliphatic carbocycles. The van der Waals surface area contributed by atoms with Gasteiger partial charge in [0.05, 0.1) is 13.2 Å². The Morgan fingerprint density at radius 3 is 1.38 bits per heavy atom. The van der Waals surface area contributed by atoms with E-state index in [2.05, 4.69) is 116 Å². The number of unbranched alkanes of at least 4 members (excludes halogenated alkanes) is 8. The zero-order valence-electron chi connectivity index (χ0n) is 35.3. The minimum absolute atomic E-state index is 0.128. The maximum absolute atomic E-state index is 12.6. The van der Waals surface area contributed by atoms with Crippen molar-refractivity contribution in [2.24, 2.45) is 5.73 Å². The number of hydrogen-bond acceptors (Lipinski definition) is 9. The smallest absolute Gasteiger partial charge is 0.472 e. The summed E-state index contributed by atoms with van der Waals surface area (Å²) in [6.07, 6.45) is 50.4. The van der Waals surface area contributed by atoms with Gasteiger partial charge in [0, 0.05) is 12.8 Å². The van der Waals surface area contributed by atoms with Crippen molar-refractivity contribution in [2.75, 3.05) is 19.8 Å². The quantitative estimate of drug-likeness (QED) is 0.0234. The molecule has 0 aromatic heterocycles. The summed E-state index contributed by atoms with van der Waals surface area (Å²) in [7, 11) is -4.74. The van der Waals surface area contributed by atoms with Crippen LogP contribution in [0.4, 0.5) is 0 Å². The minimum Gasteiger partial charge on any atom is -0.480 e. The third kappa shape index (κ3) is 39.2. The fraction of sp³-hybridized carbons (Fsp3) is 0.587. The van der Waals surface area contributed by atoms with E-state index in [1.165, 1.54) is 0 Å². The largest absolute Gasteiger partial charge is 0.480 e. The van der Waals surface area contributed by atoms with Crippen LogP contribution in [0.15, 0.2) is 97.2 Å². The fourth-order valence-electron chi connectivity index (χ4n) is 5.04. The zero-order valence-corrected chi connectivity index (χ0v) is 36.2. The van der Waals surface area contributed by atoms with Crippen LogP contribution >= 0.6 is 7.82 Å². The number of phosphoric ester groups is 1. The summed E-state index contributed by atoms with van der Waals surface area (Å²) in [5.74, 6) is -2.46. The first-order chi connectivity index (χ1) is 28.1. The maximum Gasteiger partial charge on any atom is 0.472 e. The van der Waals surface area contributed by atoms with Crippen molar-refractivity contribution in [2.45, 2.75) is 154 Å². The van der Waals surface area contributed by atoms with Crippen molar-refractivity contribution in [1.82, 2.24) is 0 Å². The molecular formula is C46H74NO10P. The number of esters is 2. The van der Waals surface area contributed by atoms with Gasteiger partial charge in [0.15, 0.2) is 6.10 Å². The number of ether oxygens (including phenoxy) is 2. The van der Waals surface area contributed by atoms with Crippen LogP contribution in [0.5, 0.6) is 0 Å². The first kappa shape index (κ1) is 54.4. The Kier molecular flexibility index (Phi) is 37.7. The minimum atomic E-state index is -4.74. The molecule has 3 atom stereocenters. The van der Waals surface area contributed by atoms with Crippen LogP contribution in [-0.2, 0) is 37.5 Å². The van der Waals surface area contributed by atoms with E-state index in [0.29, 0.717) is 12.8 Å². The second kappa shape index (κ2) is 40.2. The van der Waals surface area contributed by atoms with Crippen molar-refractivity contribution in [1.29, 1.82) is 0 Å². The number of carbonyl (C=O) groups is 3. The number of hydrogen-bond donors (Lipinski definition) is 3. The van der Waals surface area contributed by atoms with E-state index in [1.807, 2.05) is 0 Å². The first-order valence-corrected chi connectivity index (χ1v) is 22.8. The van der Waals surface area contributed by atoms with Gasteiger partial charge in [0.2, 0.25) is 0 Å². The second-order valence-electron chi connectivity index (χ2n) is 13.7. The van der Waals surface area contributed by atoms with Crippen LogP contribution in [0.2, 0.25) is 0 Å². The number of carboxylic acids is 1.